The number of alkyl halides is 3. The minimum absolute atomic E-state index is 0.0373. The average Bonchev–Trinajstić information content (AvgIpc) is 3.83. The fourth-order valence-electron chi connectivity index (χ4n) is 11.5. The first kappa shape index (κ1) is 54.9. The van der Waals surface area contributed by atoms with Crippen LogP contribution in [0.25, 0.3) is 55.3 Å². The van der Waals surface area contributed by atoms with Crippen molar-refractivity contribution in [1.82, 2.24) is 55.7 Å². The number of carbonyl (C=O) groups excluding carboxylic acids is 2. The van der Waals surface area contributed by atoms with E-state index in [0.29, 0.717) is 49.3 Å². The van der Waals surface area contributed by atoms with Crippen LogP contribution in [0, 0.1) is 25.6 Å². The smallest absolute Gasteiger partial charge is 0.417 e. The number of rotatable bonds is 18. The maximum atomic E-state index is 15.9. The number of hydrogen-bond acceptors (Lipinski definition) is 14. The molecule has 0 unspecified atom stereocenters. The molecule has 3 aliphatic rings. The van der Waals surface area contributed by atoms with Crippen LogP contribution in [0.5, 0.6) is 11.8 Å². The van der Waals surface area contributed by atoms with Gasteiger partial charge in [0.05, 0.1) is 42.2 Å². The molecule has 4 aromatic carbocycles. The molecule has 18 nitrogen and oxygen atoms in total. The van der Waals surface area contributed by atoms with Crippen molar-refractivity contribution in [3.63, 3.8) is 0 Å². The summed E-state index contributed by atoms with van der Waals surface area (Å²) >= 11 is 0. The van der Waals surface area contributed by atoms with Crippen LogP contribution >= 0.6 is 0 Å². The van der Waals surface area contributed by atoms with Crippen LogP contribution in [0.4, 0.5) is 23.4 Å². The molecule has 0 spiro atoms. The molecule has 0 radical (unpaired) electrons. The van der Waals surface area contributed by atoms with Gasteiger partial charge in [0.2, 0.25) is 11.8 Å². The van der Waals surface area contributed by atoms with E-state index in [1.54, 1.807) is 54.7 Å². The van der Waals surface area contributed by atoms with Crippen molar-refractivity contribution in [2.45, 2.75) is 103 Å². The maximum absolute atomic E-state index is 15.9. The first-order chi connectivity index (χ1) is 39.0. The normalized spacial score (nSPS) is 18.3. The molecule has 7 heterocycles. The number of anilines is 1. The average molecular weight is 1110 g/mol. The summed E-state index contributed by atoms with van der Waals surface area (Å²) in [5.74, 6) is -1.67. The zero-order valence-electron chi connectivity index (χ0n) is 45.6. The third-order valence-corrected chi connectivity index (χ3v) is 15.9. The molecule has 22 heteroatoms. The number of aliphatic hydroxyl groups excluding tert-OH is 1. The van der Waals surface area contributed by atoms with Crippen molar-refractivity contribution in [1.29, 1.82) is 0 Å². The molecule has 81 heavy (non-hydrogen) atoms. The highest BCUT2D eigenvalue weighted by atomic mass is 19.4. The Balaban J connectivity index is 0.873. The number of fused-ring (bicyclic) bond motifs is 4. The van der Waals surface area contributed by atoms with Gasteiger partial charge in [0.15, 0.2) is 5.75 Å². The number of methoxy groups -OCH3 is 1. The lowest BCUT2D eigenvalue weighted by atomic mass is 9.90. The highest BCUT2D eigenvalue weighted by Gasteiger charge is 2.43. The van der Waals surface area contributed by atoms with Gasteiger partial charge in [0.1, 0.15) is 48.1 Å². The first-order valence-electron chi connectivity index (χ1n) is 27.1. The number of aliphatic hydroxyl groups is 1. The highest BCUT2D eigenvalue weighted by molar-refractivity contribution is 6.06. The first-order valence-corrected chi connectivity index (χ1v) is 27.1. The summed E-state index contributed by atoms with van der Waals surface area (Å²) in [5.41, 5.74) is 4.00. The predicted octanol–water partition coefficient (Wildman–Crippen LogP) is 8.85. The van der Waals surface area contributed by atoms with Gasteiger partial charge in [-0.3, -0.25) is 19.7 Å². The fourth-order valence-corrected chi connectivity index (χ4v) is 11.5. The monoisotopic (exact) mass is 1110 g/mol. The largest absolute Gasteiger partial charge is 0.486 e. The number of likely N-dealkylation sites (tertiary alicyclic amines) is 1. The Bertz CT molecular complexity index is 3630. The van der Waals surface area contributed by atoms with E-state index in [1.165, 1.54) is 31.0 Å². The number of pyridine rings is 1. The number of nitrogens with one attached hydrogen (secondary N) is 3. The van der Waals surface area contributed by atoms with Crippen molar-refractivity contribution in [3.8, 4) is 45.3 Å². The van der Waals surface area contributed by atoms with Gasteiger partial charge in [-0.05, 0) is 97.5 Å². The Morgan fingerprint density at radius 3 is 2.42 bits per heavy atom. The van der Waals surface area contributed by atoms with E-state index in [-0.39, 0.29) is 106 Å². The number of ether oxygens (including phenoxy) is 3. The van der Waals surface area contributed by atoms with E-state index < -0.39 is 41.2 Å². The molecule has 4 aromatic heterocycles. The van der Waals surface area contributed by atoms with Gasteiger partial charge in [-0.25, -0.2) is 9.07 Å². The Kier molecular flexibility index (Phi) is 15.2. The number of H-pyrrole nitrogens is 1. The molecule has 2 bridgehead atoms. The van der Waals surface area contributed by atoms with Gasteiger partial charge in [-0.15, -0.1) is 5.10 Å². The van der Waals surface area contributed by atoms with Crippen LogP contribution in [0.1, 0.15) is 79.9 Å². The summed E-state index contributed by atoms with van der Waals surface area (Å²) in [5, 5.41) is 32.9. The zero-order chi connectivity index (χ0) is 56.9. The third-order valence-electron chi connectivity index (χ3n) is 15.9. The number of aromatic nitrogens is 8. The minimum Gasteiger partial charge on any atom is -0.486 e. The summed E-state index contributed by atoms with van der Waals surface area (Å²) in [7, 11) is 1.53. The lowest BCUT2D eigenvalue weighted by molar-refractivity contribution is -0.142. The Morgan fingerprint density at radius 2 is 1.73 bits per heavy atom. The SMILES string of the molecule is CO[C@@H](C)COc1nc(N2C[C@@H]3C[C@H]2CN3)c2cc(C(F)(F)F)c(-c3c(C)c(F)cc4[nH]ncc34)c(OCc3ccc(-c4cn([C@H](C(=O)N5CCC[C@H]5C(=O)N[C@@H](CO)c5ccc(-c6ccncc6C)cc5)C(C)C)nn4)cc3)c2n1. The van der Waals surface area contributed by atoms with Gasteiger partial charge in [-0.2, -0.15) is 28.2 Å². The van der Waals surface area contributed by atoms with E-state index >= 15 is 17.6 Å². The lowest BCUT2D eigenvalue weighted by Gasteiger charge is -2.30. The molecule has 2 amide bonds. The molecular formula is C59H62F4N12O6. The standard InChI is InChI=1S/C59H62F4N12O6/c1-31(2)53(57(78)73-19-7-8-49(73)56(77)67-48(28-76)38-15-13-36(14-16-38)41-17-18-64-23-32(41)3)75-27-47(71-72-75)37-11-9-35(10-12-37)30-80-54-51(50-34(5)45(60)22-46-43(50)25-66-70-46)44(59(61,62)63)21-42-52(54)68-58(81-29-33(4)79-6)69-55(42)74-26-39-20-40(74)24-65-39/h9-18,21-23,25,27,31,33,39-40,48-49,53,65,76H,7-8,19-20,24,26,28-30H2,1-6H3,(H,66,70)(H,67,77)/t33-,39-,40-,48-,49-,53-/m0/s1. The lowest BCUT2D eigenvalue weighted by Crippen LogP contribution is -2.50. The van der Waals surface area contributed by atoms with E-state index in [2.05, 4.69) is 36.1 Å². The summed E-state index contributed by atoms with van der Waals surface area (Å²) in [6, 6.07) is 16.5. The van der Waals surface area contributed by atoms with Crippen molar-refractivity contribution < 1.29 is 46.5 Å². The number of piperazine rings is 1. The van der Waals surface area contributed by atoms with E-state index in [0.717, 1.165) is 34.7 Å². The number of amides is 2. The van der Waals surface area contributed by atoms with E-state index in [9.17, 15) is 14.7 Å². The van der Waals surface area contributed by atoms with Gasteiger partial charge in [-0.1, -0.05) is 67.6 Å². The number of carbonyl (C=O) groups is 2. The third kappa shape index (κ3) is 10.7. The number of hydrogen-bond donors (Lipinski definition) is 4. The molecule has 3 fully saturated rings. The van der Waals surface area contributed by atoms with Crippen molar-refractivity contribution >= 4 is 39.4 Å². The van der Waals surface area contributed by atoms with Gasteiger partial charge in [0.25, 0.3) is 0 Å². The predicted molar refractivity (Wildman–Crippen MR) is 295 cm³/mol. The summed E-state index contributed by atoms with van der Waals surface area (Å²) < 4.78 is 83.1. The van der Waals surface area contributed by atoms with Crippen molar-refractivity contribution in [2.75, 3.05) is 44.9 Å². The van der Waals surface area contributed by atoms with Gasteiger partial charge < -0.3 is 39.8 Å². The van der Waals surface area contributed by atoms with Crippen LogP contribution in [0.2, 0.25) is 0 Å². The molecule has 3 aliphatic heterocycles. The molecular weight excluding hydrogens is 1050 g/mol. The van der Waals surface area contributed by atoms with Crippen LogP contribution < -0.4 is 25.0 Å². The van der Waals surface area contributed by atoms with Crippen LogP contribution in [-0.4, -0.2) is 126 Å². The molecule has 3 saturated heterocycles. The second-order valence-corrected chi connectivity index (χ2v) is 21.6. The quantitative estimate of drug-likeness (QED) is 0.0592. The molecule has 8 aromatic rings. The molecule has 11 rings (SSSR count). The second kappa shape index (κ2) is 22.5. The second-order valence-electron chi connectivity index (χ2n) is 21.6. The van der Waals surface area contributed by atoms with Crippen molar-refractivity contribution in [3.05, 3.63) is 125 Å². The minimum atomic E-state index is -4.97. The van der Waals surface area contributed by atoms with Crippen LogP contribution in [0.15, 0.2) is 91.5 Å². The molecule has 6 atom stereocenters. The molecule has 422 valence electrons. The number of aryl methyl sites for hydroxylation is 1. The number of halogens is 4. The van der Waals surface area contributed by atoms with Crippen LogP contribution in [0.3, 0.4) is 0 Å². The molecule has 4 N–H and O–H groups in total. The Hall–Kier alpha value is -8.08. The Labute approximate surface area is 464 Å². The highest BCUT2D eigenvalue weighted by Crippen LogP contribution is 2.51. The maximum Gasteiger partial charge on any atom is 0.417 e. The number of benzene rings is 4. The van der Waals surface area contributed by atoms with Gasteiger partial charge >= 0.3 is 12.2 Å². The summed E-state index contributed by atoms with van der Waals surface area (Å²) in [6.45, 7) is 9.90. The molecule has 0 aliphatic carbocycles. The topological polar surface area (TPSA) is 211 Å². The van der Waals surface area contributed by atoms with E-state index in [4.69, 9.17) is 24.2 Å². The van der Waals surface area contributed by atoms with Crippen LogP contribution in [-0.2, 0) is 27.1 Å². The number of nitrogens with zero attached hydrogens (tertiary/aromatic N) is 9. The number of aromatic amines is 1. The van der Waals surface area contributed by atoms with Gasteiger partial charge in [0, 0.05) is 78.7 Å². The summed E-state index contributed by atoms with van der Waals surface area (Å²) in [6.07, 6.45) is 3.05. The fraction of sp³-hybridized carbons (Fsp3) is 0.390. The Morgan fingerprint density at radius 1 is 0.951 bits per heavy atom. The molecule has 0 saturated carbocycles. The van der Waals surface area contributed by atoms with Crippen molar-refractivity contribution in [2.24, 2.45) is 5.92 Å². The van der Waals surface area contributed by atoms with E-state index in [1.807, 2.05) is 56.0 Å². The zero-order valence-corrected chi connectivity index (χ0v) is 45.6. The summed E-state index contributed by atoms with van der Waals surface area (Å²) in [4.78, 5) is 45.8.